The molecule has 0 bridgehead atoms. The number of anilines is 1. The third-order valence-corrected chi connectivity index (χ3v) is 3.65. The lowest BCUT2D eigenvalue weighted by molar-refractivity contribution is 0.465. The molecule has 0 amide bonds. The molecule has 2 rings (SSSR count). The van der Waals surface area contributed by atoms with Crippen LogP contribution in [0.2, 0.25) is 0 Å². The Morgan fingerprint density at radius 3 is 2.60 bits per heavy atom. The van der Waals surface area contributed by atoms with E-state index in [0.29, 0.717) is 5.92 Å². The molecule has 1 heterocycles. The Morgan fingerprint density at radius 1 is 1.25 bits per heavy atom. The van der Waals surface area contributed by atoms with Crippen LogP contribution in [0, 0.1) is 5.92 Å². The van der Waals surface area contributed by atoms with Crippen molar-refractivity contribution in [3.05, 3.63) is 42.7 Å². The van der Waals surface area contributed by atoms with E-state index in [4.69, 9.17) is 5.73 Å². The maximum atomic E-state index is 6.11. The van der Waals surface area contributed by atoms with Crippen LogP contribution in [0.25, 0.3) is 5.69 Å². The molecule has 20 heavy (non-hydrogen) atoms. The minimum atomic E-state index is 0.234. The molecular formula is C16H24N4. The fraction of sp³-hybridized carbons (Fsp3) is 0.438. The average Bonchev–Trinajstić information content (AvgIpc) is 2.94. The summed E-state index contributed by atoms with van der Waals surface area (Å²) in [5.74, 6) is 1.46. The molecule has 4 heteroatoms. The van der Waals surface area contributed by atoms with Gasteiger partial charge in [0, 0.05) is 37.7 Å². The van der Waals surface area contributed by atoms with E-state index in [9.17, 15) is 0 Å². The second-order valence-corrected chi connectivity index (χ2v) is 5.55. The summed E-state index contributed by atoms with van der Waals surface area (Å²) >= 11 is 0. The van der Waals surface area contributed by atoms with Crippen LogP contribution in [0.5, 0.6) is 0 Å². The predicted octanol–water partition coefficient (Wildman–Crippen LogP) is 2.68. The topological polar surface area (TPSA) is 47.1 Å². The first-order valence-corrected chi connectivity index (χ1v) is 7.15. The fourth-order valence-corrected chi connectivity index (χ4v) is 2.14. The molecule has 0 saturated heterocycles. The van der Waals surface area contributed by atoms with E-state index in [1.54, 1.807) is 0 Å². The smallest absolute Gasteiger partial charge is 0.209 e. The van der Waals surface area contributed by atoms with E-state index >= 15 is 0 Å². The van der Waals surface area contributed by atoms with Gasteiger partial charge in [0.1, 0.15) is 0 Å². The molecule has 0 aliphatic rings. The Bertz CT molecular complexity index is 518. The van der Waals surface area contributed by atoms with Crippen LogP contribution in [0.1, 0.15) is 20.3 Å². The normalized spacial score (nSPS) is 12.7. The summed E-state index contributed by atoms with van der Waals surface area (Å²) in [5.41, 5.74) is 7.24. The van der Waals surface area contributed by atoms with Gasteiger partial charge in [0.05, 0.1) is 0 Å². The van der Waals surface area contributed by atoms with E-state index in [0.717, 1.165) is 24.6 Å². The zero-order valence-corrected chi connectivity index (χ0v) is 12.5. The highest BCUT2D eigenvalue weighted by atomic mass is 15.3. The van der Waals surface area contributed by atoms with Crippen molar-refractivity contribution in [1.29, 1.82) is 0 Å². The van der Waals surface area contributed by atoms with Gasteiger partial charge in [-0.05, 0) is 24.5 Å². The van der Waals surface area contributed by atoms with Gasteiger partial charge in [-0.1, -0.05) is 32.0 Å². The van der Waals surface area contributed by atoms with Crippen LogP contribution in [0.15, 0.2) is 42.7 Å². The van der Waals surface area contributed by atoms with Gasteiger partial charge in [-0.3, -0.25) is 4.57 Å². The lowest BCUT2D eigenvalue weighted by atomic mass is 10.0. The molecule has 108 valence electrons. The standard InChI is InChI=1S/C16H24N4/c1-13(2)15(17)9-11-19(3)16-18-10-12-20(16)14-7-5-4-6-8-14/h4-8,10,12-13,15H,9,11,17H2,1-3H3. The second kappa shape index (κ2) is 6.57. The summed E-state index contributed by atoms with van der Waals surface area (Å²) in [6.07, 6.45) is 4.79. The highest BCUT2D eigenvalue weighted by Gasteiger charge is 2.13. The summed E-state index contributed by atoms with van der Waals surface area (Å²) in [6.45, 7) is 5.23. The minimum Gasteiger partial charge on any atom is -0.345 e. The van der Waals surface area contributed by atoms with Gasteiger partial charge in [-0.15, -0.1) is 0 Å². The first kappa shape index (κ1) is 14.6. The maximum absolute atomic E-state index is 6.11. The molecular weight excluding hydrogens is 248 g/mol. The van der Waals surface area contributed by atoms with Crippen molar-refractivity contribution in [3.63, 3.8) is 0 Å². The third kappa shape index (κ3) is 3.39. The van der Waals surface area contributed by atoms with Crippen molar-refractivity contribution >= 4 is 5.95 Å². The number of aromatic nitrogens is 2. The van der Waals surface area contributed by atoms with E-state index in [-0.39, 0.29) is 6.04 Å². The number of hydrogen-bond donors (Lipinski definition) is 1. The van der Waals surface area contributed by atoms with Crippen molar-refractivity contribution in [2.24, 2.45) is 11.7 Å². The molecule has 0 saturated carbocycles. The number of nitrogens with zero attached hydrogens (tertiary/aromatic N) is 3. The molecule has 1 aromatic heterocycles. The van der Waals surface area contributed by atoms with Crippen LogP contribution >= 0.6 is 0 Å². The molecule has 1 unspecified atom stereocenters. The van der Waals surface area contributed by atoms with Gasteiger partial charge >= 0.3 is 0 Å². The van der Waals surface area contributed by atoms with E-state index in [1.165, 1.54) is 0 Å². The summed E-state index contributed by atoms with van der Waals surface area (Å²) in [7, 11) is 2.06. The van der Waals surface area contributed by atoms with Crippen LogP contribution in [-0.4, -0.2) is 29.2 Å². The molecule has 1 atom stereocenters. The number of para-hydroxylation sites is 1. The van der Waals surface area contributed by atoms with Crippen LogP contribution in [-0.2, 0) is 0 Å². The molecule has 0 spiro atoms. The number of nitrogens with two attached hydrogens (primary N) is 1. The first-order chi connectivity index (χ1) is 9.59. The van der Waals surface area contributed by atoms with Crippen molar-refractivity contribution in [2.75, 3.05) is 18.5 Å². The quantitative estimate of drug-likeness (QED) is 0.879. The molecule has 2 N–H and O–H groups in total. The molecule has 0 aliphatic carbocycles. The van der Waals surface area contributed by atoms with E-state index < -0.39 is 0 Å². The largest absolute Gasteiger partial charge is 0.345 e. The van der Waals surface area contributed by atoms with Crippen LogP contribution in [0.4, 0.5) is 5.95 Å². The highest BCUT2D eigenvalue weighted by molar-refractivity contribution is 5.42. The monoisotopic (exact) mass is 272 g/mol. The van der Waals surface area contributed by atoms with Crippen molar-refractivity contribution in [3.8, 4) is 5.69 Å². The Kier molecular flexibility index (Phi) is 4.79. The Labute approximate surface area is 121 Å². The van der Waals surface area contributed by atoms with Crippen molar-refractivity contribution < 1.29 is 0 Å². The third-order valence-electron chi connectivity index (χ3n) is 3.65. The Balaban J connectivity index is 2.08. The fourth-order valence-electron chi connectivity index (χ4n) is 2.14. The van der Waals surface area contributed by atoms with E-state index in [2.05, 4.69) is 47.5 Å². The van der Waals surface area contributed by atoms with Gasteiger partial charge in [0.15, 0.2) is 0 Å². The summed E-state index contributed by atoms with van der Waals surface area (Å²) in [4.78, 5) is 6.63. The number of benzene rings is 1. The van der Waals surface area contributed by atoms with Crippen LogP contribution in [0.3, 0.4) is 0 Å². The molecule has 0 fully saturated rings. The highest BCUT2D eigenvalue weighted by Crippen LogP contribution is 2.17. The van der Waals surface area contributed by atoms with Gasteiger partial charge in [0.2, 0.25) is 5.95 Å². The summed E-state index contributed by atoms with van der Waals surface area (Å²) in [5, 5.41) is 0. The lowest BCUT2D eigenvalue weighted by Gasteiger charge is -2.23. The van der Waals surface area contributed by atoms with Crippen LogP contribution < -0.4 is 10.6 Å². The Morgan fingerprint density at radius 2 is 1.95 bits per heavy atom. The molecule has 4 nitrogen and oxygen atoms in total. The van der Waals surface area contributed by atoms with Gasteiger partial charge in [-0.25, -0.2) is 4.98 Å². The van der Waals surface area contributed by atoms with Gasteiger partial charge in [0.25, 0.3) is 0 Å². The van der Waals surface area contributed by atoms with Crippen molar-refractivity contribution in [1.82, 2.24) is 9.55 Å². The first-order valence-electron chi connectivity index (χ1n) is 7.15. The van der Waals surface area contributed by atoms with Gasteiger partial charge in [-0.2, -0.15) is 0 Å². The number of rotatable bonds is 6. The zero-order valence-electron chi connectivity index (χ0n) is 12.5. The maximum Gasteiger partial charge on any atom is 0.209 e. The van der Waals surface area contributed by atoms with Crippen molar-refractivity contribution in [2.45, 2.75) is 26.3 Å². The Hall–Kier alpha value is -1.81. The number of hydrogen-bond acceptors (Lipinski definition) is 3. The minimum absolute atomic E-state index is 0.234. The average molecular weight is 272 g/mol. The SMILES string of the molecule is CC(C)C(N)CCN(C)c1nccn1-c1ccccc1. The van der Waals surface area contributed by atoms with E-state index in [1.807, 2.05) is 30.6 Å². The number of imidazole rings is 1. The lowest BCUT2D eigenvalue weighted by Crippen LogP contribution is -2.32. The molecule has 0 radical (unpaired) electrons. The molecule has 1 aromatic carbocycles. The summed E-state index contributed by atoms with van der Waals surface area (Å²) < 4.78 is 2.10. The zero-order chi connectivity index (χ0) is 14.5. The summed E-state index contributed by atoms with van der Waals surface area (Å²) in [6, 6.07) is 10.5. The molecule has 0 aliphatic heterocycles. The predicted molar refractivity (Wildman–Crippen MR) is 84.3 cm³/mol. The second-order valence-electron chi connectivity index (χ2n) is 5.55. The van der Waals surface area contributed by atoms with Gasteiger partial charge < -0.3 is 10.6 Å². The molecule has 2 aromatic rings.